The number of Topliss-reactive ketones (excluding diaryl/α,β-unsaturated/α-hetero) is 1. The lowest BCUT2D eigenvalue weighted by molar-refractivity contribution is 0.0292. The molecule has 2 heterocycles. The Morgan fingerprint density at radius 1 is 1.08 bits per heavy atom. The smallest absolute Gasteiger partial charge is 0.374 e. The van der Waals surface area contributed by atoms with Gasteiger partial charge in [-0.2, -0.15) is 0 Å². The summed E-state index contributed by atoms with van der Waals surface area (Å²) in [6.45, 7) is 1.56. The fraction of sp³-hybridized carbons (Fsp3) is 0.100. The van der Waals surface area contributed by atoms with Crippen molar-refractivity contribution in [2.45, 2.75) is 13.0 Å². The molecule has 124 valence electrons. The number of para-hydroxylation sites is 2. The zero-order valence-corrected chi connectivity index (χ0v) is 13.5. The Kier molecular flexibility index (Phi) is 3.61. The van der Waals surface area contributed by atoms with Crippen molar-refractivity contribution in [1.29, 1.82) is 0 Å². The number of ether oxygens (including phenoxy) is 1. The first-order valence-corrected chi connectivity index (χ1v) is 7.93. The van der Waals surface area contributed by atoms with Crippen molar-refractivity contribution in [3.8, 4) is 0 Å². The second-order valence-electron chi connectivity index (χ2n) is 5.81. The van der Waals surface area contributed by atoms with Crippen LogP contribution in [0, 0.1) is 0 Å². The number of H-pyrrole nitrogens is 1. The Morgan fingerprint density at radius 3 is 2.68 bits per heavy atom. The number of fused-ring (bicyclic) bond motifs is 2. The number of ketones is 1. The third kappa shape index (κ3) is 2.70. The molecule has 1 unspecified atom stereocenters. The molecule has 0 aliphatic carbocycles. The molecule has 0 bridgehead atoms. The molecule has 5 heteroatoms. The molecule has 4 aromatic rings. The summed E-state index contributed by atoms with van der Waals surface area (Å²) in [7, 11) is 0. The van der Waals surface area contributed by atoms with Crippen LogP contribution in [-0.2, 0) is 4.74 Å². The minimum atomic E-state index is -0.917. The van der Waals surface area contributed by atoms with Crippen LogP contribution in [0.25, 0.3) is 21.9 Å². The summed E-state index contributed by atoms with van der Waals surface area (Å²) >= 11 is 0. The standard InChI is InChI=1S/C20H15NO4/c1-12(19(22)15-11-21-16-8-4-3-7-14(15)16)24-20(23)18-10-13-6-2-5-9-17(13)25-18/h2-12,21H,1H3. The van der Waals surface area contributed by atoms with Crippen molar-refractivity contribution >= 4 is 33.6 Å². The van der Waals surface area contributed by atoms with Crippen LogP contribution < -0.4 is 0 Å². The maximum Gasteiger partial charge on any atom is 0.374 e. The number of hydrogen-bond acceptors (Lipinski definition) is 4. The third-order valence-electron chi connectivity index (χ3n) is 4.13. The Hall–Kier alpha value is -3.34. The van der Waals surface area contributed by atoms with Crippen molar-refractivity contribution in [2.75, 3.05) is 0 Å². The number of esters is 1. The van der Waals surface area contributed by atoms with Gasteiger partial charge in [-0.15, -0.1) is 0 Å². The van der Waals surface area contributed by atoms with E-state index in [1.165, 1.54) is 0 Å². The molecule has 0 radical (unpaired) electrons. The molecule has 5 nitrogen and oxygen atoms in total. The highest BCUT2D eigenvalue weighted by Gasteiger charge is 2.24. The van der Waals surface area contributed by atoms with Gasteiger partial charge in [0.05, 0.1) is 0 Å². The highest BCUT2D eigenvalue weighted by atomic mass is 16.6. The predicted molar refractivity (Wildman–Crippen MR) is 93.7 cm³/mol. The number of hydrogen-bond donors (Lipinski definition) is 1. The van der Waals surface area contributed by atoms with Gasteiger partial charge >= 0.3 is 5.97 Å². The Balaban J connectivity index is 1.55. The molecular weight excluding hydrogens is 318 g/mol. The van der Waals surface area contributed by atoms with E-state index in [9.17, 15) is 9.59 Å². The number of carbonyl (C=O) groups excluding carboxylic acids is 2. The van der Waals surface area contributed by atoms with E-state index in [-0.39, 0.29) is 11.5 Å². The summed E-state index contributed by atoms with van der Waals surface area (Å²) in [6.07, 6.45) is 0.721. The molecule has 0 aliphatic heterocycles. The van der Waals surface area contributed by atoms with Gasteiger partial charge in [0.2, 0.25) is 11.5 Å². The Bertz CT molecular complexity index is 1060. The molecule has 1 atom stereocenters. The van der Waals surface area contributed by atoms with Crippen molar-refractivity contribution in [3.63, 3.8) is 0 Å². The fourth-order valence-electron chi connectivity index (χ4n) is 2.85. The number of aromatic nitrogens is 1. The monoisotopic (exact) mass is 333 g/mol. The molecule has 0 fully saturated rings. The SMILES string of the molecule is CC(OC(=O)c1cc2ccccc2o1)C(=O)c1c[nH]c2ccccc12. The van der Waals surface area contributed by atoms with E-state index in [1.54, 1.807) is 25.3 Å². The average Bonchev–Trinajstić information content (AvgIpc) is 3.25. The first kappa shape index (κ1) is 15.2. The van der Waals surface area contributed by atoms with E-state index in [0.717, 1.165) is 16.3 Å². The second-order valence-corrected chi connectivity index (χ2v) is 5.81. The molecule has 0 amide bonds. The number of furan rings is 1. The molecule has 0 spiro atoms. The maximum atomic E-state index is 12.6. The van der Waals surface area contributed by atoms with Gasteiger partial charge in [0.25, 0.3) is 0 Å². The number of rotatable bonds is 4. The molecule has 1 N–H and O–H groups in total. The van der Waals surface area contributed by atoms with E-state index < -0.39 is 12.1 Å². The molecule has 0 saturated carbocycles. The molecular formula is C20H15NO4. The van der Waals surface area contributed by atoms with Crippen LogP contribution >= 0.6 is 0 Å². The number of aromatic amines is 1. The van der Waals surface area contributed by atoms with E-state index in [2.05, 4.69) is 4.98 Å². The van der Waals surface area contributed by atoms with Crippen LogP contribution in [0.4, 0.5) is 0 Å². The molecule has 2 aromatic heterocycles. The average molecular weight is 333 g/mol. The van der Waals surface area contributed by atoms with Gasteiger partial charge in [-0.1, -0.05) is 36.4 Å². The van der Waals surface area contributed by atoms with Crippen LogP contribution in [0.2, 0.25) is 0 Å². The summed E-state index contributed by atoms with van der Waals surface area (Å²) in [6, 6.07) is 16.4. The van der Waals surface area contributed by atoms with Crippen molar-refractivity contribution in [3.05, 3.63) is 72.1 Å². The molecule has 2 aromatic carbocycles. The molecule has 25 heavy (non-hydrogen) atoms. The van der Waals surface area contributed by atoms with E-state index in [1.807, 2.05) is 42.5 Å². The number of nitrogens with one attached hydrogen (secondary N) is 1. The first-order chi connectivity index (χ1) is 12.1. The summed E-state index contributed by atoms with van der Waals surface area (Å²) in [4.78, 5) is 28.0. The summed E-state index contributed by atoms with van der Waals surface area (Å²) in [5.41, 5.74) is 1.97. The predicted octanol–water partition coefficient (Wildman–Crippen LogP) is 4.34. The first-order valence-electron chi connectivity index (χ1n) is 7.93. The van der Waals surface area contributed by atoms with E-state index in [4.69, 9.17) is 9.15 Å². The van der Waals surface area contributed by atoms with E-state index in [0.29, 0.717) is 11.1 Å². The molecule has 0 aliphatic rings. The van der Waals surface area contributed by atoms with Gasteiger partial charge in [-0.05, 0) is 25.1 Å². The third-order valence-corrected chi connectivity index (χ3v) is 4.13. The Labute approximate surface area is 143 Å². The lowest BCUT2D eigenvalue weighted by Gasteiger charge is -2.10. The number of benzene rings is 2. The van der Waals surface area contributed by atoms with E-state index >= 15 is 0 Å². The van der Waals surface area contributed by atoms with Crippen molar-refractivity contribution < 1.29 is 18.7 Å². The summed E-state index contributed by atoms with van der Waals surface area (Å²) < 4.78 is 10.8. The van der Waals surface area contributed by atoms with Crippen LogP contribution in [-0.4, -0.2) is 22.8 Å². The zero-order valence-electron chi connectivity index (χ0n) is 13.5. The van der Waals surface area contributed by atoms with Gasteiger partial charge in [-0.25, -0.2) is 4.79 Å². The van der Waals surface area contributed by atoms with Gasteiger partial charge in [-0.3, -0.25) is 4.79 Å². The quantitative estimate of drug-likeness (QED) is 0.445. The lowest BCUT2D eigenvalue weighted by atomic mass is 10.1. The molecule has 4 rings (SSSR count). The maximum absolute atomic E-state index is 12.6. The van der Waals surface area contributed by atoms with Crippen LogP contribution in [0.15, 0.2) is 65.2 Å². The lowest BCUT2D eigenvalue weighted by Crippen LogP contribution is -2.24. The second kappa shape index (κ2) is 5.94. The van der Waals surface area contributed by atoms with Gasteiger partial charge in [0.1, 0.15) is 5.58 Å². The van der Waals surface area contributed by atoms with Gasteiger partial charge in [0.15, 0.2) is 6.10 Å². The summed E-state index contributed by atoms with van der Waals surface area (Å²) in [5.74, 6) is -0.835. The Morgan fingerprint density at radius 2 is 1.84 bits per heavy atom. The number of carbonyl (C=O) groups is 2. The topological polar surface area (TPSA) is 72.3 Å². The normalized spacial score (nSPS) is 12.4. The van der Waals surface area contributed by atoms with Gasteiger partial charge < -0.3 is 14.1 Å². The largest absolute Gasteiger partial charge is 0.449 e. The highest BCUT2D eigenvalue weighted by molar-refractivity contribution is 6.10. The van der Waals surface area contributed by atoms with Crippen LogP contribution in [0.3, 0.4) is 0 Å². The van der Waals surface area contributed by atoms with Crippen molar-refractivity contribution in [2.24, 2.45) is 0 Å². The fourth-order valence-corrected chi connectivity index (χ4v) is 2.85. The zero-order chi connectivity index (χ0) is 17.4. The van der Waals surface area contributed by atoms with Crippen molar-refractivity contribution in [1.82, 2.24) is 4.98 Å². The molecule has 0 saturated heterocycles. The van der Waals surface area contributed by atoms with Crippen LogP contribution in [0.5, 0.6) is 0 Å². The summed E-state index contributed by atoms with van der Waals surface area (Å²) in [5, 5.41) is 1.61. The minimum absolute atomic E-state index is 0.0831. The minimum Gasteiger partial charge on any atom is -0.449 e. The highest BCUT2D eigenvalue weighted by Crippen LogP contribution is 2.22. The van der Waals surface area contributed by atoms with Crippen LogP contribution in [0.1, 0.15) is 27.8 Å². The van der Waals surface area contributed by atoms with Gasteiger partial charge in [0, 0.05) is 28.0 Å².